The van der Waals surface area contributed by atoms with Gasteiger partial charge in [-0.1, -0.05) is 0 Å². The second-order valence-electron chi connectivity index (χ2n) is 2.42. The van der Waals surface area contributed by atoms with Crippen LogP contribution in [0.25, 0.3) is 0 Å². The summed E-state index contributed by atoms with van der Waals surface area (Å²) in [6, 6.07) is 1.47. The molecule has 84 valence electrons. The van der Waals surface area contributed by atoms with Gasteiger partial charge in [-0.3, -0.25) is 9.48 Å². The molecule has 1 rings (SSSR count). The van der Waals surface area contributed by atoms with Gasteiger partial charge in [0.15, 0.2) is 0 Å². The van der Waals surface area contributed by atoms with Gasteiger partial charge in [-0.2, -0.15) is 0 Å². The van der Waals surface area contributed by atoms with E-state index in [-0.39, 0.29) is 5.56 Å². The number of ether oxygens (including phenoxy) is 2. The average molecular weight is 214 g/mol. The number of aromatic nitrogens is 2. The van der Waals surface area contributed by atoms with E-state index < -0.39 is 5.97 Å². The van der Waals surface area contributed by atoms with Crippen LogP contribution in [0, 0.1) is 0 Å². The maximum absolute atomic E-state index is 10.4. The number of carbonyl (C=O) groups excluding carboxylic acids is 1. The largest absolute Gasteiger partial charge is 0.504 e. The molecule has 15 heavy (non-hydrogen) atoms. The molecule has 0 atom stereocenters. The Hall–Kier alpha value is -1.98. The van der Waals surface area contributed by atoms with Crippen molar-refractivity contribution in [2.75, 3.05) is 14.2 Å². The number of hydrogen-bond donors (Lipinski definition) is 1. The van der Waals surface area contributed by atoms with E-state index in [1.54, 1.807) is 13.2 Å². The van der Waals surface area contributed by atoms with Crippen molar-refractivity contribution in [1.29, 1.82) is 0 Å². The van der Waals surface area contributed by atoms with E-state index in [1.165, 1.54) is 37.3 Å². The fraction of sp³-hybridized carbons (Fsp3) is 0.333. The molecular formula is C9H14N2O4. The minimum Gasteiger partial charge on any atom is -0.504 e. The molecule has 0 saturated heterocycles. The molecule has 0 aliphatic carbocycles. The molecule has 0 spiro atoms. The van der Waals surface area contributed by atoms with Crippen LogP contribution in [0.15, 0.2) is 29.4 Å². The quantitative estimate of drug-likeness (QED) is 0.428. The van der Waals surface area contributed by atoms with E-state index in [0.29, 0.717) is 0 Å². The van der Waals surface area contributed by atoms with Crippen molar-refractivity contribution in [3.63, 3.8) is 0 Å². The molecule has 6 heteroatoms. The van der Waals surface area contributed by atoms with Crippen molar-refractivity contribution in [3.8, 4) is 0 Å². The van der Waals surface area contributed by atoms with Crippen molar-refractivity contribution >= 4 is 5.97 Å². The normalized spacial score (nSPS) is 9.27. The first-order valence-corrected chi connectivity index (χ1v) is 4.09. The number of hydrogen-bond acceptors (Lipinski definition) is 4. The van der Waals surface area contributed by atoms with Gasteiger partial charge in [-0.15, -0.1) is 0 Å². The van der Waals surface area contributed by atoms with E-state index in [0.717, 1.165) is 0 Å². The van der Waals surface area contributed by atoms with Gasteiger partial charge >= 0.3 is 5.97 Å². The topological polar surface area (TPSA) is 73.3 Å². The van der Waals surface area contributed by atoms with Gasteiger partial charge in [0.2, 0.25) is 0 Å². The highest BCUT2D eigenvalue weighted by Gasteiger charge is 1.86. The lowest BCUT2D eigenvalue weighted by atomic mass is 10.6. The van der Waals surface area contributed by atoms with E-state index in [1.807, 2.05) is 0 Å². The SMILES string of the molecule is COC=CC(=O)OC.Cn1[nH]ccc1=O. The predicted octanol–water partition coefficient (Wildman–Crippen LogP) is 0.0329. The van der Waals surface area contributed by atoms with Crippen molar-refractivity contribution in [2.45, 2.75) is 0 Å². The summed E-state index contributed by atoms with van der Waals surface area (Å²) >= 11 is 0. The number of nitrogens with one attached hydrogen (secondary N) is 1. The zero-order valence-electron chi connectivity index (χ0n) is 8.89. The molecule has 1 N–H and O–H groups in total. The Bertz CT molecular complexity index is 364. The third kappa shape index (κ3) is 6.14. The zero-order valence-corrected chi connectivity index (χ0v) is 8.89. The number of H-pyrrole nitrogens is 1. The van der Waals surface area contributed by atoms with E-state index in [2.05, 4.69) is 14.6 Å². The molecule has 0 aromatic carbocycles. The van der Waals surface area contributed by atoms with Crippen LogP contribution in [-0.2, 0) is 21.3 Å². The monoisotopic (exact) mass is 214 g/mol. The maximum Gasteiger partial charge on any atom is 0.333 e. The summed E-state index contributed by atoms with van der Waals surface area (Å²) in [7, 11) is 4.43. The summed E-state index contributed by atoms with van der Waals surface area (Å²) in [5.74, 6) is -0.410. The molecule has 0 saturated carbocycles. The molecular weight excluding hydrogens is 200 g/mol. The molecule has 0 bridgehead atoms. The van der Waals surface area contributed by atoms with Gasteiger partial charge in [0.05, 0.1) is 26.6 Å². The number of carbonyl (C=O) groups is 1. The molecule has 0 aliphatic rings. The van der Waals surface area contributed by atoms with E-state index >= 15 is 0 Å². The number of methoxy groups -OCH3 is 2. The summed E-state index contributed by atoms with van der Waals surface area (Å²) in [5.41, 5.74) is 0.000000000000000222. The van der Waals surface area contributed by atoms with E-state index in [4.69, 9.17) is 0 Å². The highest BCUT2D eigenvalue weighted by molar-refractivity contribution is 5.81. The number of nitrogens with zero attached hydrogens (tertiary/aromatic N) is 1. The molecule has 1 heterocycles. The Balaban J connectivity index is 0.000000262. The lowest BCUT2D eigenvalue weighted by Crippen LogP contribution is -2.09. The lowest BCUT2D eigenvalue weighted by Gasteiger charge is -1.87. The standard InChI is InChI=1S/C5H8O3.C4H6N2O/c1-7-4-3-5(6)8-2;1-6-4(7)2-3-5-6/h3-4H,1-2H3;2-3,5H,1H3. The van der Waals surface area contributed by atoms with Gasteiger partial charge in [-0.05, 0) is 0 Å². The maximum atomic E-state index is 10.4. The average Bonchev–Trinajstić information content (AvgIpc) is 2.61. The Labute approximate surface area is 87.1 Å². The van der Waals surface area contributed by atoms with Crippen LogP contribution in [-0.4, -0.2) is 30.0 Å². The van der Waals surface area contributed by atoms with Crippen molar-refractivity contribution in [3.05, 3.63) is 35.0 Å². The Kier molecular flexibility index (Phi) is 6.45. The molecule has 0 unspecified atom stereocenters. The van der Waals surface area contributed by atoms with Crippen LogP contribution in [0.2, 0.25) is 0 Å². The van der Waals surface area contributed by atoms with Crippen LogP contribution < -0.4 is 5.56 Å². The first-order chi connectivity index (χ1) is 7.11. The highest BCUT2D eigenvalue weighted by atomic mass is 16.5. The van der Waals surface area contributed by atoms with Crippen LogP contribution in [0.1, 0.15) is 0 Å². The second-order valence-corrected chi connectivity index (χ2v) is 2.42. The summed E-state index contributed by atoms with van der Waals surface area (Å²) in [4.78, 5) is 20.5. The lowest BCUT2D eigenvalue weighted by molar-refractivity contribution is -0.134. The van der Waals surface area contributed by atoms with Crippen LogP contribution in [0.3, 0.4) is 0 Å². The smallest absolute Gasteiger partial charge is 0.333 e. The number of aromatic amines is 1. The third-order valence-electron chi connectivity index (χ3n) is 1.37. The molecule has 0 radical (unpaired) electrons. The van der Waals surface area contributed by atoms with Gasteiger partial charge in [0.25, 0.3) is 5.56 Å². The summed E-state index contributed by atoms with van der Waals surface area (Å²) < 4.78 is 10.1. The van der Waals surface area contributed by atoms with Crippen molar-refractivity contribution in [2.24, 2.45) is 7.05 Å². The van der Waals surface area contributed by atoms with Gasteiger partial charge in [0.1, 0.15) is 0 Å². The fourth-order valence-corrected chi connectivity index (χ4v) is 0.587. The molecule has 0 fully saturated rings. The first kappa shape index (κ1) is 13.0. The highest BCUT2D eigenvalue weighted by Crippen LogP contribution is 1.76. The van der Waals surface area contributed by atoms with Crippen LogP contribution in [0.4, 0.5) is 0 Å². The number of rotatable bonds is 2. The van der Waals surface area contributed by atoms with Crippen molar-refractivity contribution in [1.82, 2.24) is 9.78 Å². The van der Waals surface area contributed by atoms with Gasteiger partial charge < -0.3 is 14.6 Å². The molecule has 6 nitrogen and oxygen atoms in total. The second kappa shape index (κ2) is 7.43. The Morgan fingerprint density at radius 3 is 2.47 bits per heavy atom. The summed E-state index contributed by atoms with van der Waals surface area (Å²) in [6.07, 6.45) is 4.05. The molecule has 0 amide bonds. The predicted molar refractivity (Wildman–Crippen MR) is 54.2 cm³/mol. The number of aryl methyl sites for hydroxylation is 1. The minimum atomic E-state index is -0.410. The van der Waals surface area contributed by atoms with E-state index in [9.17, 15) is 9.59 Å². The summed E-state index contributed by atoms with van der Waals surface area (Å²) in [6.45, 7) is 0. The Morgan fingerprint density at radius 1 is 1.53 bits per heavy atom. The first-order valence-electron chi connectivity index (χ1n) is 4.09. The van der Waals surface area contributed by atoms with Gasteiger partial charge in [-0.25, -0.2) is 4.79 Å². The molecule has 1 aromatic heterocycles. The molecule has 1 aromatic rings. The minimum absolute atomic E-state index is 0.000000000000000222. The van der Waals surface area contributed by atoms with Crippen LogP contribution in [0.5, 0.6) is 0 Å². The zero-order chi connectivity index (χ0) is 11.7. The summed E-state index contributed by atoms with van der Waals surface area (Å²) in [5, 5.41) is 2.67. The number of esters is 1. The Morgan fingerprint density at radius 2 is 2.20 bits per heavy atom. The fourth-order valence-electron chi connectivity index (χ4n) is 0.587. The van der Waals surface area contributed by atoms with Crippen molar-refractivity contribution < 1.29 is 14.3 Å². The van der Waals surface area contributed by atoms with Crippen LogP contribution >= 0.6 is 0 Å². The molecule has 0 aliphatic heterocycles. The van der Waals surface area contributed by atoms with Gasteiger partial charge in [0, 0.05) is 19.3 Å². The third-order valence-corrected chi connectivity index (χ3v) is 1.37.